The van der Waals surface area contributed by atoms with Gasteiger partial charge < -0.3 is 14.3 Å². The third-order valence-electron chi connectivity index (χ3n) is 8.99. The van der Waals surface area contributed by atoms with Crippen LogP contribution in [0, 0.1) is 23.2 Å². The van der Waals surface area contributed by atoms with Crippen molar-refractivity contribution < 1.29 is 5.11 Å². The van der Waals surface area contributed by atoms with Crippen molar-refractivity contribution in [2.75, 3.05) is 31.0 Å². The van der Waals surface area contributed by atoms with E-state index in [1.54, 1.807) is 0 Å². The van der Waals surface area contributed by atoms with Gasteiger partial charge >= 0.3 is 0 Å². The number of para-hydroxylation sites is 1. The van der Waals surface area contributed by atoms with Gasteiger partial charge in [-0.15, -0.1) is 0 Å². The standard InChI is InChI=1S/C29H38N2OS/c1-30(20-28(32)29-17-21-14-22(18-29)16-23(15-21)19-29)12-6-7-13-31-26-10-4-2-8-24(26)25-9-3-5-11-27(25)33-31/h2-5,8-11,21-23,28,32H,6-7,12-20H2,1H3/t21?,22?,23?,28-,29?/m1/s1. The van der Waals surface area contributed by atoms with E-state index in [4.69, 9.17) is 0 Å². The van der Waals surface area contributed by atoms with Gasteiger partial charge in [0, 0.05) is 23.5 Å². The van der Waals surface area contributed by atoms with Crippen LogP contribution in [0.25, 0.3) is 11.1 Å². The second kappa shape index (κ2) is 8.94. The van der Waals surface area contributed by atoms with Crippen LogP contribution in [0.5, 0.6) is 0 Å². The molecule has 5 aliphatic rings. The zero-order chi connectivity index (χ0) is 22.4. The summed E-state index contributed by atoms with van der Waals surface area (Å²) in [6, 6.07) is 17.6. The summed E-state index contributed by atoms with van der Waals surface area (Å²) in [6.07, 6.45) is 10.4. The van der Waals surface area contributed by atoms with Crippen molar-refractivity contribution in [3.63, 3.8) is 0 Å². The molecular formula is C29H38N2OS. The summed E-state index contributed by atoms with van der Waals surface area (Å²) >= 11 is 1.88. The van der Waals surface area contributed by atoms with Crippen molar-refractivity contribution in [3.8, 4) is 11.1 Å². The highest BCUT2D eigenvalue weighted by Gasteiger charge is 2.53. The lowest BCUT2D eigenvalue weighted by molar-refractivity contribution is -0.125. The number of unbranched alkanes of at least 4 members (excludes halogenated alkanes) is 1. The van der Waals surface area contributed by atoms with Gasteiger partial charge in [-0.3, -0.25) is 0 Å². The molecule has 1 N–H and O–H groups in total. The summed E-state index contributed by atoms with van der Waals surface area (Å²) < 4.78 is 2.47. The first-order chi connectivity index (χ1) is 16.1. The van der Waals surface area contributed by atoms with Crippen molar-refractivity contribution >= 4 is 17.6 Å². The Balaban J connectivity index is 1.01. The molecule has 3 nitrogen and oxygen atoms in total. The van der Waals surface area contributed by atoms with E-state index in [0.717, 1.165) is 37.4 Å². The Bertz CT molecular complexity index is 956. The molecule has 0 amide bonds. The molecule has 0 radical (unpaired) electrons. The Morgan fingerprint density at radius 2 is 1.58 bits per heavy atom. The minimum atomic E-state index is -0.142. The molecule has 0 spiro atoms. The van der Waals surface area contributed by atoms with Gasteiger partial charge in [0.1, 0.15) is 0 Å². The molecule has 0 saturated heterocycles. The number of aliphatic hydroxyl groups is 1. The van der Waals surface area contributed by atoms with Crippen LogP contribution in [0.15, 0.2) is 53.4 Å². The second-order valence-electron chi connectivity index (χ2n) is 11.5. The van der Waals surface area contributed by atoms with E-state index in [0.29, 0.717) is 0 Å². The summed E-state index contributed by atoms with van der Waals surface area (Å²) in [5, 5.41) is 11.3. The van der Waals surface area contributed by atoms with Crippen molar-refractivity contribution in [1.29, 1.82) is 0 Å². The molecule has 4 fully saturated rings. The molecule has 7 rings (SSSR count). The van der Waals surface area contributed by atoms with Crippen molar-refractivity contribution in [1.82, 2.24) is 4.90 Å². The van der Waals surface area contributed by atoms with E-state index in [9.17, 15) is 5.11 Å². The highest BCUT2D eigenvalue weighted by Crippen LogP contribution is 2.61. The number of aliphatic hydroxyl groups excluding tert-OH is 1. The van der Waals surface area contributed by atoms with E-state index >= 15 is 0 Å². The number of anilines is 1. The minimum absolute atomic E-state index is 0.142. The van der Waals surface area contributed by atoms with Crippen LogP contribution in [0.2, 0.25) is 0 Å². The van der Waals surface area contributed by atoms with Crippen LogP contribution in [0.1, 0.15) is 51.4 Å². The summed E-state index contributed by atoms with van der Waals surface area (Å²) in [5.74, 6) is 2.73. The molecule has 0 unspecified atom stereocenters. The number of likely N-dealkylation sites (N-methyl/N-ethyl adjacent to an activating group) is 1. The average Bonchev–Trinajstić information content (AvgIpc) is 2.81. The average molecular weight is 463 g/mol. The normalized spacial score (nSPS) is 30.4. The third-order valence-corrected chi connectivity index (χ3v) is 10.1. The number of nitrogens with zero attached hydrogens (tertiary/aromatic N) is 2. The zero-order valence-electron chi connectivity index (χ0n) is 20.0. The molecule has 4 bridgehead atoms. The fraction of sp³-hybridized carbons (Fsp3) is 0.586. The van der Waals surface area contributed by atoms with Crippen molar-refractivity contribution in [2.24, 2.45) is 23.2 Å². The molecule has 1 heterocycles. The third kappa shape index (κ3) is 4.24. The van der Waals surface area contributed by atoms with E-state index in [2.05, 4.69) is 64.8 Å². The quantitative estimate of drug-likeness (QED) is 0.359. The molecule has 0 aromatic heterocycles. The SMILES string of the molecule is CN(CCCCN1Sc2ccccc2-c2ccccc21)C[C@@H](O)C12CC3CC(CC(C3)C1)C2. The lowest BCUT2D eigenvalue weighted by Crippen LogP contribution is -2.54. The Labute approximate surface area is 203 Å². The summed E-state index contributed by atoms with van der Waals surface area (Å²) in [7, 11) is 2.21. The molecule has 1 atom stereocenters. The van der Waals surface area contributed by atoms with Crippen molar-refractivity contribution in [3.05, 3.63) is 48.5 Å². The maximum atomic E-state index is 11.3. The van der Waals surface area contributed by atoms with Gasteiger partial charge in [-0.2, -0.15) is 0 Å². The topological polar surface area (TPSA) is 26.7 Å². The van der Waals surface area contributed by atoms with Gasteiger partial charge in [-0.25, -0.2) is 0 Å². The Morgan fingerprint density at radius 3 is 2.30 bits per heavy atom. The van der Waals surface area contributed by atoms with E-state index in [1.807, 2.05) is 11.9 Å². The number of hydrogen-bond acceptors (Lipinski definition) is 4. The molecule has 33 heavy (non-hydrogen) atoms. The lowest BCUT2D eigenvalue weighted by atomic mass is 9.48. The smallest absolute Gasteiger partial charge is 0.0723 e. The van der Waals surface area contributed by atoms with Crippen LogP contribution in [-0.4, -0.2) is 42.8 Å². The first kappa shape index (κ1) is 22.0. The first-order valence-corrected chi connectivity index (χ1v) is 13.9. The minimum Gasteiger partial charge on any atom is -0.391 e. The molecule has 4 saturated carbocycles. The number of rotatable bonds is 8. The predicted molar refractivity (Wildman–Crippen MR) is 138 cm³/mol. The predicted octanol–water partition coefficient (Wildman–Crippen LogP) is 6.47. The number of fused-ring (bicyclic) bond motifs is 3. The monoisotopic (exact) mass is 462 g/mol. The second-order valence-corrected chi connectivity index (χ2v) is 12.5. The fourth-order valence-electron chi connectivity index (χ4n) is 7.82. The van der Waals surface area contributed by atoms with Crippen LogP contribution >= 0.6 is 11.9 Å². The van der Waals surface area contributed by atoms with Crippen LogP contribution in [0.3, 0.4) is 0 Å². The molecular weight excluding hydrogens is 424 g/mol. The van der Waals surface area contributed by atoms with Crippen LogP contribution in [0.4, 0.5) is 5.69 Å². The lowest BCUT2D eigenvalue weighted by Gasteiger charge is -2.58. The largest absolute Gasteiger partial charge is 0.391 e. The van der Waals surface area contributed by atoms with E-state index < -0.39 is 0 Å². The molecule has 2 aromatic rings. The maximum absolute atomic E-state index is 11.3. The Hall–Kier alpha value is -1.49. The fourth-order valence-corrected chi connectivity index (χ4v) is 8.96. The molecule has 4 heteroatoms. The zero-order valence-corrected chi connectivity index (χ0v) is 20.8. The molecule has 4 aliphatic carbocycles. The van der Waals surface area contributed by atoms with E-state index in [1.165, 1.54) is 73.1 Å². The van der Waals surface area contributed by atoms with Gasteiger partial charge in [-0.1, -0.05) is 36.4 Å². The van der Waals surface area contributed by atoms with Crippen molar-refractivity contribution in [2.45, 2.75) is 62.4 Å². The van der Waals surface area contributed by atoms with E-state index in [-0.39, 0.29) is 11.5 Å². The summed E-state index contributed by atoms with van der Waals surface area (Å²) in [6.45, 7) is 2.97. The molecule has 176 valence electrons. The highest BCUT2D eigenvalue weighted by molar-refractivity contribution is 8.01. The van der Waals surface area contributed by atoms with Gasteiger partial charge in [-0.05, 0) is 118 Å². The van der Waals surface area contributed by atoms with Crippen LogP contribution in [-0.2, 0) is 0 Å². The van der Waals surface area contributed by atoms with Gasteiger partial charge in [0.25, 0.3) is 0 Å². The van der Waals surface area contributed by atoms with Crippen LogP contribution < -0.4 is 4.31 Å². The van der Waals surface area contributed by atoms with Gasteiger partial charge in [0.2, 0.25) is 0 Å². The highest BCUT2D eigenvalue weighted by atomic mass is 32.2. The summed E-state index contributed by atoms with van der Waals surface area (Å²) in [4.78, 5) is 3.75. The molecule has 2 aromatic carbocycles. The number of benzene rings is 2. The van der Waals surface area contributed by atoms with Gasteiger partial charge in [0.05, 0.1) is 11.8 Å². The Morgan fingerprint density at radius 1 is 0.939 bits per heavy atom. The Kier molecular flexibility index (Phi) is 5.96. The maximum Gasteiger partial charge on any atom is 0.0723 e. The van der Waals surface area contributed by atoms with Gasteiger partial charge in [0.15, 0.2) is 0 Å². The first-order valence-electron chi connectivity index (χ1n) is 13.1. The number of hydrogen-bond donors (Lipinski definition) is 1. The summed E-state index contributed by atoms with van der Waals surface area (Å²) in [5.41, 5.74) is 4.28. The molecule has 1 aliphatic heterocycles.